The summed E-state index contributed by atoms with van der Waals surface area (Å²) in [5.41, 5.74) is 2.82. The second-order valence-electron chi connectivity index (χ2n) is 6.07. The minimum Gasteiger partial charge on any atom is -0.394 e. The molecule has 0 saturated carbocycles. The molecule has 6 nitrogen and oxygen atoms in total. The number of fused-ring (bicyclic) bond motifs is 1. The molecule has 0 aliphatic heterocycles. The van der Waals surface area contributed by atoms with E-state index in [1.54, 1.807) is 10.9 Å². The van der Waals surface area contributed by atoms with Crippen molar-refractivity contribution < 1.29 is 5.11 Å². The van der Waals surface area contributed by atoms with E-state index < -0.39 is 0 Å². The third-order valence-corrected chi connectivity index (χ3v) is 4.25. The molecule has 0 radical (unpaired) electrons. The average Bonchev–Trinajstić information content (AvgIpc) is 3.14. The number of benzene rings is 2. The minimum absolute atomic E-state index is 0.00716. The molecular formula is C20H19N5O. The molecule has 0 aliphatic carbocycles. The van der Waals surface area contributed by atoms with Crippen molar-refractivity contribution in [2.24, 2.45) is 0 Å². The first-order valence-electron chi connectivity index (χ1n) is 8.50. The number of aliphatic hydroxyl groups is 1. The zero-order chi connectivity index (χ0) is 17.8. The Morgan fingerprint density at radius 1 is 0.962 bits per heavy atom. The van der Waals surface area contributed by atoms with E-state index >= 15 is 0 Å². The van der Waals surface area contributed by atoms with E-state index in [0.717, 1.165) is 22.3 Å². The van der Waals surface area contributed by atoms with Gasteiger partial charge in [-0.2, -0.15) is 5.10 Å². The molecule has 2 aromatic carbocycles. The molecule has 0 aliphatic rings. The molecule has 0 fully saturated rings. The molecule has 2 heterocycles. The summed E-state index contributed by atoms with van der Waals surface area (Å²) in [5, 5.41) is 18.4. The lowest BCUT2D eigenvalue weighted by atomic mass is 10.1. The van der Waals surface area contributed by atoms with Gasteiger partial charge in [-0.3, -0.25) is 0 Å². The number of hydrogen-bond acceptors (Lipinski definition) is 5. The maximum absolute atomic E-state index is 9.78. The van der Waals surface area contributed by atoms with E-state index in [9.17, 15) is 5.11 Å². The van der Waals surface area contributed by atoms with E-state index in [0.29, 0.717) is 12.2 Å². The van der Waals surface area contributed by atoms with Crippen molar-refractivity contribution in [1.29, 1.82) is 0 Å². The summed E-state index contributed by atoms with van der Waals surface area (Å²) in [6.07, 6.45) is 3.97. The lowest BCUT2D eigenvalue weighted by Crippen LogP contribution is -2.27. The van der Waals surface area contributed by atoms with Gasteiger partial charge in [0.2, 0.25) is 0 Å². The van der Waals surface area contributed by atoms with Crippen LogP contribution in [0.25, 0.3) is 16.7 Å². The molecule has 130 valence electrons. The quantitative estimate of drug-likeness (QED) is 0.562. The molecule has 0 amide bonds. The zero-order valence-electron chi connectivity index (χ0n) is 14.2. The van der Waals surface area contributed by atoms with Crippen molar-refractivity contribution >= 4 is 16.9 Å². The average molecular weight is 345 g/mol. The van der Waals surface area contributed by atoms with Gasteiger partial charge in [0, 0.05) is 0 Å². The Morgan fingerprint density at radius 3 is 2.42 bits per heavy atom. The first-order valence-corrected chi connectivity index (χ1v) is 8.50. The van der Waals surface area contributed by atoms with Crippen LogP contribution in [0.2, 0.25) is 0 Å². The highest BCUT2D eigenvalue weighted by atomic mass is 16.3. The van der Waals surface area contributed by atoms with Gasteiger partial charge >= 0.3 is 0 Å². The van der Waals surface area contributed by atoms with Crippen molar-refractivity contribution in [3.05, 3.63) is 78.8 Å². The topological polar surface area (TPSA) is 75.9 Å². The minimum atomic E-state index is -0.143. The van der Waals surface area contributed by atoms with Gasteiger partial charge in [0.1, 0.15) is 12.1 Å². The maximum atomic E-state index is 9.78. The fourth-order valence-corrected chi connectivity index (χ4v) is 2.97. The van der Waals surface area contributed by atoms with Gasteiger partial charge in [0.05, 0.1) is 29.9 Å². The van der Waals surface area contributed by atoms with Crippen LogP contribution in [0, 0.1) is 0 Å². The Morgan fingerprint density at radius 2 is 1.69 bits per heavy atom. The predicted octanol–water partition coefficient (Wildman–Crippen LogP) is 2.83. The second-order valence-corrected chi connectivity index (χ2v) is 6.07. The van der Waals surface area contributed by atoms with Gasteiger partial charge in [0.15, 0.2) is 5.65 Å². The van der Waals surface area contributed by atoms with Crippen molar-refractivity contribution in [3.63, 3.8) is 0 Å². The molecule has 4 rings (SSSR count). The number of hydrogen-bond donors (Lipinski definition) is 2. The molecule has 6 heteroatoms. The smallest absolute Gasteiger partial charge is 0.168 e. The number of nitrogens with one attached hydrogen (secondary N) is 1. The van der Waals surface area contributed by atoms with Crippen LogP contribution in [0.15, 0.2) is 73.2 Å². The van der Waals surface area contributed by atoms with Gasteiger partial charge in [-0.25, -0.2) is 14.6 Å². The lowest BCUT2D eigenvalue weighted by Gasteiger charge is -2.17. The van der Waals surface area contributed by atoms with Crippen LogP contribution >= 0.6 is 0 Å². The number of anilines is 1. The van der Waals surface area contributed by atoms with Crippen LogP contribution in [0.3, 0.4) is 0 Å². The Hall–Kier alpha value is -3.25. The van der Waals surface area contributed by atoms with E-state index in [4.69, 9.17) is 0 Å². The number of aromatic nitrogens is 4. The number of para-hydroxylation sites is 1. The summed E-state index contributed by atoms with van der Waals surface area (Å²) in [4.78, 5) is 8.74. The Bertz CT molecular complexity index is 985. The molecule has 0 saturated heterocycles. The summed E-state index contributed by atoms with van der Waals surface area (Å²) in [6, 6.07) is 19.8. The highest BCUT2D eigenvalue weighted by Crippen LogP contribution is 2.22. The van der Waals surface area contributed by atoms with E-state index in [-0.39, 0.29) is 12.6 Å². The molecule has 1 atom stereocenters. The van der Waals surface area contributed by atoms with Gasteiger partial charge in [-0.15, -0.1) is 0 Å². The highest BCUT2D eigenvalue weighted by molar-refractivity contribution is 5.87. The van der Waals surface area contributed by atoms with E-state index in [2.05, 4.69) is 20.4 Å². The predicted molar refractivity (Wildman–Crippen MR) is 101 cm³/mol. The summed E-state index contributed by atoms with van der Waals surface area (Å²) in [6.45, 7) is 0.00716. The van der Waals surface area contributed by atoms with Crippen LogP contribution in [0.5, 0.6) is 0 Å². The van der Waals surface area contributed by atoms with Crippen molar-refractivity contribution in [1.82, 2.24) is 19.7 Å². The molecular weight excluding hydrogens is 326 g/mol. The lowest BCUT2D eigenvalue weighted by molar-refractivity contribution is 0.273. The third kappa shape index (κ3) is 3.27. The fourth-order valence-electron chi connectivity index (χ4n) is 2.97. The van der Waals surface area contributed by atoms with E-state index in [1.165, 1.54) is 6.33 Å². The number of nitrogens with zero attached hydrogens (tertiary/aromatic N) is 4. The molecule has 2 aromatic heterocycles. The van der Waals surface area contributed by atoms with Crippen molar-refractivity contribution in [2.45, 2.75) is 12.5 Å². The Kier molecular flexibility index (Phi) is 4.57. The summed E-state index contributed by atoms with van der Waals surface area (Å²) < 4.78 is 1.79. The molecule has 26 heavy (non-hydrogen) atoms. The molecule has 0 spiro atoms. The zero-order valence-corrected chi connectivity index (χ0v) is 14.2. The first-order chi connectivity index (χ1) is 12.8. The number of rotatable bonds is 6. The molecule has 4 aromatic rings. The van der Waals surface area contributed by atoms with Crippen LogP contribution in [0.1, 0.15) is 5.56 Å². The van der Waals surface area contributed by atoms with Crippen molar-refractivity contribution in [3.8, 4) is 5.69 Å². The second kappa shape index (κ2) is 7.33. The van der Waals surface area contributed by atoms with Crippen LogP contribution in [0.4, 0.5) is 5.82 Å². The van der Waals surface area contributed by atoms with Crippen LogP contribution in [-0.4, -0.2) is 37.5 Å². The summed E-state index contributed by atoms with van der Waals surface area (Å²) >= 11 is 0. The third-order valence-electron chi connectivity index (χ3n) is 4.25. The fraction of sp³-hybridized carbons (Fsp3) is 0.150. The van der Waals surface area contributed by atoms with Crippen molar-refractivity contribution in [2.75, 3.05) is 11.9 Å². The molecule has 2 N–H and O–H groups in total. The first kappa shape index (κ1) is 16.2. The number of aliphatic hydroxyl groups excluding tert-OH is 1. The molecule has 0 bridgehead atoms. The van der Waals surface area contributed by atoms with Gasteiger partial charge in [-0.05, 0) is 24.1 Å². The van der Waals surface area contributed by atoms with Crippen LogP contribution < -0.4 is 5.32 Å². The monoisotopic (exact) mass is 345 g/mol. The largest absolute Gasteiger partial charge is 0.394 e. The van der Waals surface area contributed by atoms with Gasteiger partial charge < -0.3 is 10.4 Å². The summed E-state index contributed by atoms with van der Waals surface area (Å²) in [5.74, 6) is 0.673. The normalized spacial score (nSPS) is 12.2. The molecule has 1 unspecified atom stereocenters. The maximum Gasteiger partial charge on any atom is 0.168 e. The van der Waals surface area contributed by atoms with E-state index in [1.807, 2.05) is 60.7 Å². The summed E-state index contributed by atoms with van der Waals surface area (Å²) in [7, 11) is 0. The van der Waals surface area contributed by atoms with Gasteiger partial charge in [0.25, 0.3) is 0 Å². The SMILES string of the molecule is OCC(Cc1ccccc1)Nc1ncnc2c1cnn2-c1ccccc1. The highest BCUT2D eigenvalue weighted by Gasteiger charge is 2.15. The van der Waals surface area contributed by atoms with Crippen LogP contribution in [-0.2, 0) is 6.42 Å². The van der Waals surface area contributed by atoms with Gasteiger partial charge in [-0.1, -0.05) is 48.5 Å². The standard InChI is InChI=1S/C20H19N5O/c26-13-16(11-15-7-3-1-4-8-15)24-19-18-12-23-25(20(18)22-14-21-19)17-9-5-2-6-10-17/h1-10,12,14,16,26H,11,13H2,(H,21,22,24). The Labute approximate surface area is 151 Å². The Balaban J connectivity index is 1.63.